The van der Waals surface area contributed by atoms with Gasteiger partial charge in [0.25, 0.3) is 5.91 Å². The van der Waals surface area contributed by atoms with Crippen molar-refractivity contribution in [2.75, 3.05) is 5.32 Å². The van der Waals surface area contributed by atoms with Crippen LogP contribution in [0.15, 0.2) is 27.1 Å². The zero-order valence-corrected chi connectivity index (χ0v) is 9.90. The molecule has 2 nitrogen and oxygen atoms in total. The van der Waals surface area contributed by atoms with Crippen molar-refractivity contribution >= 4 is 43.5 Å². The lowest BCUT2D eigenvalue weighted by molar-refractivity contribution is -0.126. The molecule has 0 saturated heterocycles. The molecule has 76 valence electrons. The smallest absolute Gasteiger partial charge is 0.315 e. The summed E-state index contributed by atoms with van der Waals surface area (Å²) in [6.07, 6.45) is -3.02. The zero-order chi connectivity index (χ0) is 10.7. The SMILES string of the molecule is O=C(Nc1c(Br)cccc1Br)C(F)F. The highest BCUT2D eigenvalue weighted by molar-refractivity contribution is 9.11. The van der Waals surface area contributed by atoms with Crippen LogP contribution in [-0.4, -0.2) is 12.3 Å². The Morgan fingerprint density at radius 1 is 1.29 bits per heavy atom. The second kappa shape index (κ2) is 4.84. The predicted octanol–water partition coefficient (Wildman–Crippen LogP) is 3.42. The number of amides is 1. The molecule has 0 atom stereocenters. The fourth-order valence-electron chi connectivity index (χ4n) is 0.795. The molecular formula is C8H5Br2F2NO. The quantitative estimate of drug-likeness (QED) is 0.885. The molecule has 1 amide bonds. The maximum absolute atomic E-state index is 11.9. The first-order valence-corrected chi connectivity index (χ1v) is 5.14. The van der Waals surface area contributed by atoms with Gasteiger partial charge in [-0.15, -0.1) is 0 Å². The van der Waals surface area contributed by atoms with Gasteiger partial charge in [0.1, 0.15) is 0 Å². The zero-order valence-electron chi connectivity index (χ0n) is 6.73. The van der Waals surface area contributed by atoms with E-state index in [1.807, 2.05) is 0 Å². The summed E-state index contributed by atoms with van der Waals surface area (Å²) in [6.45, 7) is 0. The van der Waals surface area contributed by atoms with E-state index in [0.717, 1.165) is 0 Å². The van der Waals surface area contributed by atoms with Crippen LogP contribution in [0.3, 0.4) is 0 Å². The van der Waals surface area contributed by atoms with Crippen molar-refractivity contribution in [2.45, 2.75) is 6.43 Å². The second-order valence-corrected chi connectivity index (χ2v) is 4.10. The molecule has 14 heavy (non-hydrogen) atoms. The number of anilines is 1. The van der Waals surface area contributed by atoms with Crippen LogP contribution < -0.4 is 5.32 Å². The fourth-order valence-corrected chi connectivity index (χ4v) is 1.99. The molecule has 0 fully saturated rings. The van der Waals surface area contributed by atoms with Crippen LogP contribution >= 0.6 is 31.9 Å². The van der Waals surface area contributed by atoms with E-state index in [1.165, 1.54) is 0 Å². The van der Waals surface area contributed by atoms with E-state index in [0.29, 0.717) is 14.6 Å². The summed E-state index contributed by atoms with van der Waals surface area (Å²) in [6, 6.07) is 5.00. The van der Waals surface area contributed by atoms with E-state index in [2.05, 4.69) is 37.2 Å². The van der Waals surface area contributed by atoms with Crippen LogP contribution in [0, 0.1) is 0 Å². The summed E-state index contributed by atoms with van der Waals surface area (Å²) in [4.78, 5) is 10.7. The topological polar surface area (TPSA) is 29.1 Å². The van der Waals surface area contributed by atoms with Gasteiger partial charge in [-0.05, 0) is 44.0 Å². The minimum atomic E-state index is -3.02. The number of nitrogens with one attached hydrogen (secondary N) is 1. The molecule has 0 aliphatic carbocycles. The normalized spacial score (nSPS) is 10.4. The highest BCUT2D eigenvalue weighted by Crippen LogP contribution is 2.30. The van der Waals surface area contributed by atoms with Crippen molar-refractivity contribution < 1.29 is 13.6 Å². The standard InChI is InChI=1S/C8H5Br2F2NO/c9-4-2-1-3-5(10)6(4)13-8(14)7(11)12/h1-3,7H,(H,13,14). The van der Waals surface area contributed by atoms with Crippen molar-refractivity contribution in [1.82, 2.24) is 0 Å². The van der Waals surface area contributed by atoms with E-state index >= 15 is 0 Å². The molecule has 1 aromatic carbocycles. The van der Waals surface area contributed by atoms with Gasteiger partial charge in [0.2, 0.25) is 0 Å². The summed E-state index contributed by atoms with van der Waals surface area (Å²) < 4.78 is 25.0. The minimum Gasteiger partial charge on any atom is -0.319 e. The van der Waals surface area contributed by atoms with Crippen LogP contribution in [0.1, 0.15) is 0 Å². The number of benzene rings is 1. The lowest BCUT2D eigenvalue weighted by atomic mass is 10.3. The van der Waals surface area contributed by atoms with Gasteiger partial charge in [0, 0.05) is 8.95 Å². The Morgan fingerprint density at radius 2 is 1.79 bits per heavy atom. The molecule has 0 aliphatic rings. The summed E-state index contributed by atoms with van der Waals surface area (Å²) >= 11 is 6.27. The number of halogens is 4. The molecular weight excluding hydrogens is 324 g/mol. The van der Waals surface area contributed by atoms with Gasteiger partial charge in [-0.1, -0.05) is 6.07 Å². The Morgan fingerprint density at radius 3 is 2.21 bits per heavy atom. The van der Waals surface area contributed by atoms with Crippen molar-refractivity contribution in [2.24, 2.45) is 0 Å². The van der Waals surface area contributed by atoms with Crippen molar-refractivity contribution in [3.05, 3.63) is 27.1 Å². The van der Waals surface area contributed by atoms with E-state index in [1.54, 1.807) is 18.2 Å². The van der Waals surface area contributed by atoms with Gasteiger partial charge in [0.05, 0.1) is 5.69 Å². The first-order chi connectivity index (χ1) is 6.52. The summed E-state index contributed by atoms with van der Waals surface area (Å²) in [5.41, 5.74) is 0.304. The monoisotopic (exact) mass is 327 g/mol. The Bertz CT molecular complexity index is 337. The summed E-state index contributed by atoms with van der Waals surface area (Å²) in [7, 11) is 0. The predicted molar refractivity (Wildman–Crippen MR) is 56.5 cm³/mol. The molecule has 1 N–H and O–H groups in total. The third-order valence-electron chi connectivity index (χ3n) is 1.41. The highest BCUT2D eigenvalue weighted by Gasteiger charge is 2.17. The maximum Gasteiger partial charge on any atom is 0.315 e. The Hall–Kier alpha value is -0.490. The fraction of sp³-hybridized carbons (Fsp3) is 0.125. The van der Waals surface area contributed by atoms with Crippen LogP contribution in [0.2, 0.25) is 0 Å². The highest BCUT2D eigenvalue weighted by atomic mass is 79.9. The van der Waals surface area contributed by atoms with Crippen LogP contribution in [-0.2, 0) is 4.79 Å². The van der Waals surface area contributed by atoms with E-state index in [9.17, 15) is 13.6 Å². The molecule has 0 aliphatic heterocycles. The molecule has 1 rings (SSSR count). The average molecular weight is 329 g/mol. The molecule has 0 radical (unpaired) electrons. The molecule has 0 unspecified atom stereocenters. The van der Waals surface area contributed by atoms with Crippen molar-refractivity contribution in [3.8, 4) is 0 Å². The minimum absolute atomic E-state index is 0.304. The average Bonchev–Trinajstić information content (AvgIpc) is 2.11. The first kappa shape index (κ1) is 11.6. The van der Waals surface area contributed by atoms with Crippen LogP contribution in [0.4, 0.5) is 14.5 Å². The lowest BCUT2D eigenvalue weighted by Crippen LogP contribution is -2.20. The van der Waals surface area contributed by atoms with E-state index in [-0.39, 0.29) is 0 Å². The van der Waals surface area contributed by atoms with Gasteiger partial charge < -0.3 is 5.32 Å². The van der Waals surface area contributed by atoms with Crippen molar-refractivity contribution in [3.63, 3.8) is 0 Å². The largest absolute Gasteiger partial charge is 0.319 e. The third kappa shape index (κ3) is 2.75. The molecule has 0 saturated carbocycles. The Kier molecular flexibility index (Phi) is 4.00. The number of hydrogen-bond acceptors (Lipinski definition) is 1. The number of hydrogen-bond donors (Lipinski definition) is 1. The summed E-state index contributed by atoms with van der Waals surface area (Å²) in [5.74, 6) is -1.32. The molecule has 0 heterocycles. The molecule has 6 heteroatoms. The summed E-state index contributed by atoms with van der Waals surface area (Å²) in [5, 5.41) is 2.10. The van der Waals surface area contributed by atoms with E-state index < -0.39 is 12.3 Å². The molecule has 0 bridgehead atoms. The number of para-hydroxylation sites is 1. The van der Waals surface area contributed by atoms with Crippen molar-refractivity contribution in [1.29, 1.82) is 0 Å². The molecule has 0 spiro atoms. The number of rotatable bonds is 2. The number of carbonyl (C=O) groups is 1. The third-order valence-corrected chi connectivity index (χ3v) is 2.73. The maximum atomic E-state index is 11.9. The second-order valence-electron chi connectivity index (χ2n) is 2.39. The van der Waals surface area contributed by atoms with Gasteiger partial charge in [-0.25, -0.2) is 0 Å². The Labute approximate surface area is 95.9 Å². The lowest BCUT2D eigenvalue weighted by Gasteiger charge is -2.08. The van der Waals surface area contributed by atoms with E-state index in [4.69, 9.17) is 0 Å². The van der Waals surface area contributed by atoms with Gasteiger partial charge >= 0.3 is 6.43 Å². The Balaban J connectivity index is 2.91. The molecule has 0 aromatic heterocycles. The first-order valence-electron chi connectivity index (χ1n) is 3.55. The van der Waals surface area contributed by atoms with Gasteiger partial charge in [-0.3, -0.25) is 4.79 Å². The number of carbonyl (C=O) groups excluding carboxylic acids is 1. The van der Waals surface area contributed by atoms with Gasteiger partial charge in [0.15, 0.2) is 0 Å². The van der Waals surface area contributed by atoms with Crippen LogP contribution in [0.25, 0.3) is 0 Å². The molecule has 1 aromatic rings. The number of alkyl halides is 2. The van der Waals surface area contributed by atoms with Gasteiger partial charge in [-0.2, -0.15) is 8.78 Å². The van der Waals surface area contributed by atoms with Crippen LogP contribution in [0.5, 0.6) is 0 Å².